The fourth-order valence-corrected chi connectivity index (χ4v) is 7.23. The highest BCUT2D eigenvalue weighted by Crippen LogP contribution is 2.42. The van der Waals surface area contributed by atoms with E-state index in [9.17, 15) is 13.2 Å². The van der Waals surface area contributed by atoms with Crippen molar-refractivity contribution in [2.45, 2.75) is 20.8 Å². The molecule has 0 saturated carbocycles. The Labute approximate surface area is 230 Å². The molecule has 1 heterocycles. The molecule has 1 unspecified atom stereocenters. The molecule has 1 aromatic heterocycles. The molecule has 0 N–H and O–H groups in total. The molecule has 0 bridgehead atoms. The first-order chi connectivity index (χ1) is 17.7. The Hall–Kier alpha value is -2.59. The summed E-state index contributed by atoms with van der Waals surface area (Å²) in [6.45, 7) is 12.7. The van der Waals surface area contributed by atoms with Crippen molar-refractivity contribution in [1.29, 1.82) is 0 Å². The molecule has 0 aliphatic rings. The Bertz CT molecular complexity index is 1370. The molecule has 0 radical (unpaired) electrons. The van der Waals surface area contributed by atoms with Crippen LogP contribution in [0.15, 0.2) is 67.8 Å². The second-order valence-electron chi connectivity index (χ2n) is 7.01. The normalized spacial score (nSPS) is 11.3. The van der Waals surface area contributed by atoms with Crippen LogP contribution in [0.3, 0.4) is 0 Å². The largest absolute Gasteiger partial charge is 0.461 e. The maximum Gasteiger partial charge on any atom is 0.356 e. The van der Waals surface area contributed by atoms with E-state index < -0.39 is 24.1 Å². The third-order valence-corrected chi connectivity index (χ3v) is 8.62. The topological polar surface area (TPSA) is 74.6 Å². The van der Waals surface area contributed by atoms with Gasteiger partial charge in [0.2, 0.25) is 10.0 Å². The quantitative estimate of drug-likeness (QED) is 0.128. The standard InChI is InChI=1S/C22H22Cl2NO5PS.C3H6.C2H2/c1-4-12-32(27,28)25-19-11-10-16(24)14-18(19)21(20(25)22(26)29-5-2)31(30-6-3)17-9-7-8-15(23)13-17;1-3-2;1-2/h4,7-11,13-14H,1,5-6,12H2,2-3H3;3H,1H2,2H3;1-2H. The number of esters is 1. The summed E-state index contributed by atoms with van der Waals surface area (Å²) in [4.78, 5) is 13.2. The lowest BCUT2D eigenvalue weighted by atomic mass is 10.2. The molecular weight excluding hydrogens is 552 g/mol. The zero-order valence-corrected chi connectivity index (χ0v) is 24.2. The van der Waals surface area contributed by atoms with Crippen molar-refractivity contribution >= 4 is 68.9 Å². The fourth-order valence-electron chi connectivity index (χ4n) is 3.32. The maximum absolute atomic E-state index is 13.2. The monoisotopic (exact) mass is 581 g/mol. The van der Waals surface area contributed by atoms with E-state index in [1.54, 1.807) is 49.4 Å². The smallest absolute Gasteiger partial charge is 0.356 e. The SMILES string of the molecule is C#C.C=CC.C=CCS(=O)(=O)n1c(C(=O)OCC)c(P(OCC)c2cccc(Cl)c2)c2cc(Cl)ccc21. The number of carbonyl (C=O) groups is 1. The molecule has 0 amide bonds. The Balaban J connectivity index is 0.00000127. The molecule has 3 aromatic rings. The molecule has 0 saturated heterocycles. The lowest BCUT2D eigenvalue weighted by Crippen LogP contribution is -2.27. The number of fused-ring (bicyclic) bond motifs is 1. The van der Waals surface area contributed by atoms with Crippen LogP contribution in [0.1, 0.15) is 31.3 Å². The summed E-state index contributed by atoms with van der Waals surface area (Å²) in [6, 6.07) is 11.8. The van der Waals surface area contributed by atoms with E-state index in [2.05, 4.69) is 26.0 Å². The zero-order valence-electron chi connectivity index (χ0n) is 21.0. The highest BCUT2D eigenvalue weighted by atomic mass is 35.5. The van der Waals surface area contributed by atoms with Crippen LogP contribution in [-0.2, 0) is 19.3 Å². The molecule has 0 aliphatic heterocycles. The number of halogens is 2. The van der Waals surface area contributed by atoms with E-state index in [0.717, 1.165) is 9.28 Å². The summed E-state index contributed by atoms with van der Waals surface area (Å²) in [6.07, 6.45) is 11.0. The van der Waals surface area contributed by atoms with Gasteiger partial charge in [0.05, 0.1) is 26.0 Å². The molecular formula is C27H30Cl2NO5PS. The molecule has 37 heavy (non-hydrogen) atoms. The summed E-state index contributed by atoms with van der Waals surface area (Å²) in [5, 5.41) is 2.51. The summed E-state index contributed by atoms with van der Waals surface area (Å²) in [5.74, 6) is -1.13. The van der Waals surface area contributed by atoms with Gasteiger partial charge in [-0.2, -0.15) is 0 Å². The zero-order chi connectivity index (χ0) is 28.2. The third-order valence-electron chi connectivity index (χ3n) is 4.44. The van der Waals surface area contributed by atoms with Gasteiger partial charge in [0.15, 0.2) is 5.69 Å². The first kappa shape index (κ1) is 32.4. The second-order valence-corrected chi connectivity index (χ2v) is 11.6. The van der Waals surface area contributed by atoms with Crippen LogP contribution in [0.5, 0.6) is 0 Å². The van der Waals surface area contributed by atoms with Crippen LogP contribution in [0, 0.1) is 12.8 Å². The lowest BCUT2D eigenvalue weighted by Gasteiger charge is -2.19. The summed E-state index contributed by atoms with van der Waals surface area (Å²) < 4.78 is 38.9. The van der Waals surface area contributed by atoms with Gasteiger partial charge in [-0.25, -0.2) is 17.2 Å². The molecule has 2 aromatic carbocycles. The predicted molar refractivity (Wildman–Crippen MR) is 157 cm³/mol. The first-order valence-electron chi connectivity index (χ1n) is 11.1. The number of benzene rings is 2. The Morgan fingerprint density at radius 3 is 2.24 bits per heavy atom. The van der Waals surface area contributed by atoms with Gasteiger partial charge >= 0.3 is 5.97 Å². The highest BCUT2D eigenvalue weighted by Gasteiger charge is 2.35. The van der Waals surface area contributed by atoms with Crippen LogP contribution in [0.2, 0.25) is 10.0 Å². The number of hydrogen-bond donors (Lipinski definition) is 0. The number of terminal acetylenes is 1. The molecule has 0 aliphatic carbocycles. The highest BCUT2D eigenvalue weighted by molar-refractivity contribution is 7.90. The third kappa shape index (κ3) is 7.95. The Kier molecular flexibility index (Phi) is 13.7. The molecule has 3 rings (SSSR count). The van der Waals surface area contributed by atoms with Crippen molar-refractivity contribution in [2.75, 3.05) is 19.0 Å². The van der Waals surface area contributed by atoms with Gasteiger partial charge in [-0.05, 0) is 51.1 Å². The second kappa shape index (κ2) is 15.6. The van der Waals surface area contributed by atoms with Gasteiger partial charge in [0.1, 0.15) is 0 Å². The molecule has 1 atom stereocenters. The van der Waals surface area contributed by atoms with Crippen LogP contribution in [0.4, 0.5) is 0 Å². The average Bonchev–Trinajstić information content (AvgIpc) is 3.19. The minimum atomic E-state index is -3.98. The van der Waals surface area contributed by atoms with Crippen LogP contribution in [-0.4, -0.2) is 37.3 Å². The summed E-state index contributed by atoms with van der Waals surface area (Å²) in [5.41, 5.74) is 0.203. The van der Waals surface area contributed by atoms with Gasteiger partial charge in [0, 0.05) is 32.6 Å². The van der Waals surface area contributed by atoms with Crippen molar-refractivity contribution in [3.8, 4) is 12.8 Å². The summed E-state index contributed by atoms with van der Waals surface area (Å²) >= 11 is 12.5. The molecule has 0 spiro atoms. The minimum absolute atomic E-state index is 0.0752. The average molecular weight is 582 g/mol. The number of ether oxygens (including phenoxy) is 1. The van der Waals surface area contributed by atoms with E-state index in [-0.39, 0.29) is 18.1 Å². The number of aromatic nitrogens is 1. The molecule has 198 valence electrons. The van der Waals surface area contributed by atoms with E-state index in [4.69, 9.17) is 32.5 Å². The van der Waals surface area contributed by atoms with Crippen molar-refractivity contribution in [3.63, 3.8) is 0 Å². The van der Waals surface area contributed by atoms with Gasteiger partial charge in [-0.1, -0.05) is 47.5 Å². The number of hydrogen-bond acceptors (Lipinski definition) is 5. The van der Waals surface area contributed by atoms with Gasteiger partial charge in [0.25, 0.3) is 0 Å². The van der Waals surface area contributed by atoms with Crippen molar-refractivity contribution < 1.29 is 22.5 Å². The minimum Gasteiger partial charge on any atom is -0.461 e. The molecule has 6 nitrogen and oxygen atoms in total. The maximum atomic E-state index is 13.2. The fraction of sp³-hybridized carbons (Fsp3) is 0.222. The Morgan fingerprint density at radius 1 is 1.08 bits per heavy atom. The Morgan fingerprint density at radius 2 is 1.70 bits per heavy atom. The van der Waals surface area contributed by atoms with E-state index in [0.29, 0.717) is 32.9 Å². The summed E-state index contributed by atoms with van der Waals surface area (Å²) in [7, 11) is -5.61. The number of allylic oxidation sites excluding steroid dienone is 1. The number of nitrogens with zero attached hydrogens (tertiary/aromatic N) is 1. The molecule has 10 heteroatoms. The van der Waals surface area contributed by atoms with Crippen LogP contribution < -0.4 is 10.6 Å². The van der Waals surface area contributed by atoms with E-state index in [1.165, 1.54) is 6.08 Å². The van der Waals surface area contributed by atoms with Gasteiger partial charge < -0.3 is 9.26 Å². The number of rotatable bonds is 9. The van der Waals surface area contributed by atoms with Crippen molar-refractivity contribution in [3.05, 3.63) is 83.5 Å². The lowest BCUT2D eigenvalue weighted by molar-refractivity contribution is 0.0520. The van der Waals surface area contributed by atoms with Crippen molar-refractivity contribution in [1.82, 2.24) is 3.97 Å². The van der Waals surface area contributed by atoms with Gasteiger partial charge in [-0.15, -0.1) is 26.0 Å². The van der Waals surface area contributed by atoms with E-state index >= 15 is 0 Å². The number of carbonyl (C=O) groups excluding carboxylic acids is 1. The van der Waals surface area contributed by atoms with Gasteiger partial charge in [-0.3, -0.25) is 0 Å². The van der Waals surface area contributed by atoms with Crippen LogP contribution in [0.25, 0.3) is 10.9 Å². The van der Waals surface area contributed by atoms with Crippen molar-refractivity contribution in [2.24, 2.45) is 0 Å². The van der Waals surface area contributed by atoms with E-state index in [1.807, 2.05) is 19.9 Å². The first-order valence-corrected chi connectivity index (χ1v) is 14.7. The predicted octanol–water partition coefficient (Wildman–Crippen LogP) is 6.31. The van der Waals surface area contributed by atoms with Crippen LogP contribution >= 0.6 is 31.4 Å². The molecule has 0 fully saturated rings.